The van der Waals surface area contributed by atoms with Crippen LogP contribution in [0.3, 0.4) is 0 Å². The molecule has 20 heteroatoms. The molecule has 0 aliphatic carbocycles. The number of nitrogens with zero attached hydrogens (tertiary/aromatic N) is 14. The Hall–Kier alpha value is -7.87. The van der Waals surface area contributed by atoms with E-state index in [0.29, 0.717) is 11.5 Å². The molecule has 3 saturated heterocycles. The van der Waals surface area contributed by atoms with Crippen LogP contribution >= 0.6 is 0 Å². The van der Waals surface area contributed by atoms with Crippen molar-refractivity contribution in [2.45, 2.75) is 58.4 Å². The molecular weight excluding hydrogens is 833 g/mol. The summed E-state index contributed by atoms with van der Waals surface area (Å²) < 4.78 is 0. The first-order chi connectivity index (χ1) is 32.6. The number of pyridine rings is 4. The fourth-order valence-electron chi connectivity index (χ4n) is 8.96. The number of piperidine rings is 2. The highest BCUT2D eigenvalue weighted by Gasteiger charge is 2.26. The zero-order valence-electron chi connectivity index (χ0n) is 36.8. The molecule has 13 rings (SSSR count). The lowest BCUT2D eigenvalue weighted by molar-refractivity contribution is 0.514. The summed E-state index contributed by atoms with van der Waals surface area (Å²) >= 11 is 0. The molecule has 3 fully saturated rings. The van der Waals surface area contributed by atoms with E-state index in [1.54, 1.807) is 31.0 Å². The van der Waals surface area contributed by atoms with E-state index in [2.05, 4.69) is 80.2 Å². The lowest BCUT2D eigenvalue weighted by atomic mass is 10.1. The van der Waals surface area contributed by atoms with E-state index in [1.165, 1.54) is 38.5 Å². The molecule has 10 aromatic rings. The van der Waals surface area contributed by atoms with Crippen molar-refractivity contribution < 1.29 is 0 Å². The Morgan fingerprint density at radius 1 is 0.576 bits per heavy atom. The van der Waals surface area contributed by atoms with Gasteiger partial charge in [0.1, 0.15) is 33.9 Å². The van der Waals surface area contributed by atoms with Crippen molar-refractivity contribution in [3.8, 4) is 45.7 Å². The highest BCUT2D eigenvalue weighted by molar-refractivity contribution is 5.97. The lowest BCUT2D eigenvalue weighted by Crippen LogP contribution is -2.56. The number of hydrogen-bond donors (Lipinski definition) is 6. The normalized spacial score (nSPS) is 15.5. The largest absolute Gasteiger partial charge is 0.355 e. The second-order valence-electron chi connectivity index (χ2n) is 16.6. The maximum Gasteiger partial charge on any atom is 0.159 e. The van der Waals surface area contributed by atoms with Gasteiger partial charge in [-0.1, -0.05) is 13.8 Å². The van der Waals surface area contributed by atoms with Gasteiger partial charge in [0.25, 0.3) is 0 Å². The molecule has 3 aliphatic rings. The Morgan fingerprint density at radius 3 is 1.68 bits per heavy atom. The van der Waals surface area contributed by atoms with Gasteiger partial charge >= 0.3 is 0 Å². The molecule has 3 aliphatic heterocycles. The van der Waals surface area contributed by atoms with Crippen molar-refractivity contribution in [3.63, 3.8) is 0 Å². The number of fused-ring (bicyclic) bond motifs is 4. The number of hydrogen-bond acceptors (Lipinski definition) is 15. The predicted octanol–water partition coefficient (Wildman–Crippen LogP) is 6.79. The summed E-state index contributed by atoms with van der Waals surface area (Å²) in [5.74, 6) is 4.12. The van der Waals surface area contributed by atoms with Gasteiger partial charge in [0.15, 0.2) is 23.3 Å². The Balaban J connectivity index is 0.000000143. The van der Waals surface area contributed by atoms with Gasteiger partial charge in [-0.15, -0.1) is 0 Å². The summed E-state index contributed by atoms with van der Waals surface area (Å²) in [5.41, 5.74) is 16.0. The zero-order valence-corrected chi connectivity index (χ0v) is 36.8. The first-order valence-corrected chi connectivity index (χ1v) is 22.8. The van der Waals surface area contributed by atoms with Gasteiger partial charge in [-0.25, -0.2) is 24.9 Å². The van der Waals surface area contributed by atoms with Crippen molar-refractivity contribution in [1.82, 2.24) is 80.4 Å². The summed E-state index contributed by atoms with van der Waals surface area (Å²) in [6.45, 7) is 9.66. The second-order valence-corrected chi connectivity index (χ2v) is 16.6. The molecule has 66 heavy (non-hydrogen) atoms. The van der Waals surface area contributed by atoms with Crippen LogP contribution in [-0.4, -0.2) is 126 Å². The first-order valence-electron chi connectivity index (χ1n) is 22.8. The molecular formula is C46H50N20. The van der Waals surface area contributed by atoms with Gasteiger partial charge in [0.2, 0.25) is 0 Å². The van der Waals surface area contributed by atoms with Crippen molar-refractivity contribution in [1.29, 1.82) is 0 Å². The maximum atomic E-state index is 5.93. The van der Waals surface area contributed by atoms with Crippen LogP contribution in [0.5, 0.6) is 0 Å². The van der Waals surface area contributed by atoms with Gasteiger partial charge in [-0.2, -0.15) is 15.3 Å². The number of nitrogens with one attached hydrogen (secondary N) is 5. The standard InChI is InChI=1S/C24H25N11.C20H19N9.C2H6/c25-14-12-35(13-14)20-11-26-9-19(29-20)17-8-15-18(10-28-17)32-33-21(15)23-30-16-4-5-27-24(22(16)31-23)34-6-2-1-3-7-34;1-2-6-29(7-3-1)20-18-14(4-5-21-20)25-19(26-18)17-13-8-15(12-9-23-24-10-12)22-11-16(13)27-28-17;1-2/h4-5,8-11,14H,1-3,6-7,12-13,25H2,(H,30,31)(H,32,33);4-5,8-11H,1-3,6-7H2,(H,23,24)(H,25,26)(H,27,28);1-2H3. The highest BCUT2D eigenvalue weighted by Crippen LogP contribution is 2.34. The summed E-state index contributed by atoms with van der Waals surface area (Å²) in [6, 6.07) is 8.12. The third-order valence-electron chi connectivity index (χ3n) is 12.3. The number of rotatable bonds is 7. The number of H-pyrrole nitrogens is 5. The minimum Gasteiger partial charge on any atom is -0.355 e. The fraction of sp³-hybridized carbons (Fsp3) is 0.326. The SMILES string of the molecule is CC.NC1CN(c2cncc(-c3cc4c(-c5nc6c(N7CCCCC7)nccc6[nH]5)n[nH]c4cn3)n2)C1.c1cc2[nH]c(-c3n[nH]c4cnc(-c5cn[nH]c5)cc34)nc2c(N2CCCCC2)n1. The van der Waals surface area contributed by atoms with Crippen LogP contribution in [0.2, 0.25) is 0 Å². The van der Waals surface area contributed by atoms with Crippen molar-refractivity contribution in [2.75, 3.05) is 54.0 Å². The van der Waals surface area contributed by atoms with E-state index in [-0.39, 0.29) is 6.04 Å². The monoisotopic (exact) mass is 882 g/mol. The average Bonchev–Trinajstić information content (AvgIpc) is 4.23. The molecule has 0 unspecified atom stereocenters. The fourth-order valence-corrected chi connectivity index (χ4v) is 8.96. The first kappa shape index (κ1) is 40.9. The smallest absolute Gasteiger partial charge is 0.159 e. The van der Waals surface area contributed by atoms with E-state index < -0.39 is 0 Å². The Kier molecular flexibility index (Phi) is 10.9. The summed E-state index contributed by atoms with van der Waals surface area (Å²) in [6.07, 6.45) is 21.6. The van der Waals surface area contributed by atoms with Crippen LogP contribution in [-0.2, 0) is 0 Å². The molecule has 0 spiro atoms. The van der Waals surface area contributed by atoms with Gasteiger partial charge < -0.3 is 30.4 Å². The van der Waals surface area contributed by atoms with Crippen molar-refractivity contribution in [2.24, 2.45) is 5.73 Å². The van der Waals surface area contributed by atoms with Gasteiger partial charge in [0, 0.05) is 80.2 Å². The van der Waals surface area contributed by atoms with Crippen LogP contribution in [0.1, 0.15) is 52.4 Å². The second kappa shape index (κ2) is 17.6. The highest BCUT2D eigenvalue weighted by atomic mass is 15.3. The third-order valence-corrected chi connectivity index (χ3v) is 12.3. The molecule has 0 saturated carbocycles. The molecule has 0 bridgehead atoms. The Labute approximate surface area is 378 Å². The van der Waals surface area contributed by atoms with Gasteiger partial charge in [-0.3, -0.25) is 30.2 Å². The molecule has 13 heterocycles. The molecule has 7 N–H and O–H groups in total. The van der Waals surface area contributed by atoms with Crippen LogP contribution in [0.15, 0.2) is 73.8 Å². The van der Waals surface area contributed by atoms with Crippen LogP contribution < -0.4 is 20.4 Å². The van der Waals surface area contributed by atoms with Crippen LogP contribution in [0.4, 0.5) is 17.5 Å². The van der Waals surface area contributed by atoms with Gasteiger partial charge in [-0.05, 0) is 62.8 Å². The zero-order chi connectivity index (χ0) is 44.6. The number of nitrogens with two attached hydrogens (primary N) is 1. The van der Waals surface area contributed by atoms with E-state index in [1.807, 2.05) is 56.7 Å². The molecule has 0 aromatic carbocycles. The molecule has 20 nitrogen and oxygen atoms in total. The predicted molar refractivity (Wildman–Crippen MR) is 256 cm³/mol. The van der Waals surface area contributed by atoms with E-state index in [9.17, 15) is 0 Å². The quantitative estimate of drug-likeness (QED) is 0.0963. The summed E-state index contributed by atoms with van der Waals surface area (Å²) in [4.78, 5) is 51.0. The number of anilines is 3. The number of aromatic nitrogens is 16. The Bertz CT molecular complexity index is 3250. The van der Waals surface area contributed by atoms with E-state index in [4.69, 9.17) is 20.7 Å². The number of aromatic amines is 5. The molecule has 0 atom stereocenters. The van der Waals surface area contributed by atoms with Crippen molar-refractivity contribution >= 4 is 61.3 Å². The molecule has 0 amide bonds. The minimum atomic E-state index is 0.192. The number of imidazole rings is 2. The molecule has 0 radical (unpaired) electrons. The molecule has 10 aromatic heterocycles. The van der Waals surface area contributed by atoms with E-state index >= 15 is 0 Å². The third kappa shape index (κ3) is 7.67. The topological polar surface area (TPSA) is 256 Å². The minimum absolute atomic E-state index is 0.192. The van der Waals surface area contributed by atoms with Gasteiger partial charge in [0.05, 0.1) is 64.4 Å². The van der Waals surface area contributed by atoms with Crippen LogP contribution in [0, 0.1) is 0 Å². The average molecular weight is 883 g/mol. The van der Waals surface area contributed by atoms with E-state index in [0.717, 1.165) is 135 Å². The lowest BCUT2D eigenvalue weighted by Gasteiger charge is -2.37. The van der Waals surface area contributed by atoms with Crippen molar-refractivity contribution in [3.05, 3.63) is 73.8 Å². The summed E-state index contributed by atoms with van der Waals surface area (Å²) in [5, 5.41) is 23.9. The summed E-state index contributed by atoms with van der Waals surface area (Å²) in [7, 11) is 0. The maximum absolute atomic E-state index is 5.93. The Morgan fingerprint density at radius 2 is 1.14 bits per heavy atom. The van der Waals surface area contributed by atoms with Crippen LogP contribution in [0.25, 0.3) is 89.6 Å². The molecule has 334 valence electrons.